The normalized spacial score (nSPS) is 17.6. The molecule has 0 unspecified atom stereocenters. The number of anilines is 2. The molecule has 1 amide bonds. The van der Waals surface area contributed by atoms with Crippen molar-refractivity contribution in [3.8, 4) is 0 Å². The van der Waals surface area contributed by atoms with E-state index in [1.54, 1.807) is 38.1 Å². The molecule has 34 heavy (non-hydrogen) atoms. The van der Waals surface area contributed by atoms with Crippen LogP contribution in [0.2, 0.25) is 0 Å². The van der Waals surface area contributed by atoms with Crippen LogP contribution >= 0.6 is 0 Å². The number of carbonyl (C=O) groups excluding carboxylic acids is 2. The van der Waals surface area contributed by atoms with Crippen molar-refractivity contribution in [2.24, 2.45) is 10.3 Å². The van der Waals surface area contributed by atoms with Crippen LogP contribution < -0.4 is 10.2 Å². The van der Waals surface area contributed by atoms with Crippen molar-refractivity contribution in [2.45, 2.75) is 50.8 Å². The van der Waals surface area contributed by atoms with Gasteiger partial charge in [-0.15, -0.1) is 4.40 Å². The molecule has 2 aliphatic rings. The summed E-state index contributed by atoms with van der Waals surface area (Å²) in [4.78, 5) is 27.1. The highest BCUT2D eigenvalue weighted by atomic mass is 32.2. The first kappa shape index (κ1) is 23.9. The fraction of sp³-hybridized carbons (Fsp3) is 0.400. The molecule has 0 spiro atoms. The van der Waals surface area contributed by atoms with Gasteiger partial charge in [-0.2, -0.15) is 8.42 Å². The topological polar surface area (TPSA) is 105 Å². The van der Waals surface area contributed by atoms with Gasteiger partial charge in [0, 0.05) is 17.8 Å². The molecule has 8 nitrogen and oxygen atoms in total. The fourth-order valence-electron chi connectivity index (χ4n) is 4.21. The molecule has 0 aromatic heterocycles. The Morgan fingerprint density at radius 3 is 2.41 bits per heavy atom. The molecule has 1 heterocycles. The van der Waals surface area contributed by atoms with Crippen molar-refractivity contribution in [1.29, 1.82) is 0 Å². The number of fused-ring (bicyclic) bond motifs is 1. The first-order valence-corrected chi connectivity index (χ1v) is 12.8. The number of esters is 1. The third-order valence-corrected chi connectivity index (χ3v) is 7.48. The van der Waals surface area contributed by atoms with E-state index in [9.17, 15) is 18.0 Å². The lowest BCUT2D eigenvalue weighted by Gasteiger charge is -2.30. The van der Waals surface area contributed by atoms with Gasteiger partial charge in [0.25, 0.3) is 15.9 Å². The van der Waals surface area contributed by atoms with Crippen molar-refractivity contribution in [3.63, 3.8) is 0 Å². The third kappa shape index (κ3) is 4.44. The lowest BCUT2D eigenvalue weighted by molar-refractivity contribution is -0.146. The number of amidine groups is 1. The Hall–Kier alpha value is -3.20. The maximum absolute atomic E-state index is 12.9. The van der Waals surface area contributed by atoms with E-state index in [2.05, 4.69) is 9.71 Å². The van der Waals surface area contributed by atoms with Gasteiger partial charge in [0.15, 0.2) is 0 Å². The van der Waals surface area contributed by atoms with Crippen molar-refractivity contribution in [1.82, 2.24) is 0 Å². The summed E-state index contributed by atoms with van der Waals surface area (Å²) in [5.74, 6) is 0.0588. The van der Waals surface area contributed by atoms with Gasteiger partial charge in [0.2, 0.25) is 0 Å². The molecule has 1 aliphatic heterocycles. The van der Waals surface area contributed by atoms with E-state index < -0.39 is 21.3 Å². The van der Waals surface area contributed by atoms with E-state index in [0.29, 0.717) is 36.3 Å². The highest BCUT2D eigenvalue weighted by molar-refractivity contribution is 7.90. The van der Waals surface area contributed by atoms with E-state index in [-0.39, 0.29) is 16.4 Å². The molecular weight excluding hydrogens is 454 g/mol. The molecule has 0 saturated heterocycles. The molecule has 1 aliphatic carbocycles. The SMILES string of the molecule is CCOC(=O)C1(c2ccc(NC(=O)c3ccc4c(c3)S(=O)(=O)N=C(C)N4CC(C)C)cc2)CC1. The van der Waals surface area contributed by atoms with Crippen LogP contribution in [0.15, 0.2) is 51.8 Å². The fourth-order valence-corrected chi connectivity index (χ4v) is 5.47. The van der Waals surface area contributed by atoms with E-state index in [1.165, 1.54) is 6.07 Å². The molecule has 180 valence electrons. The maximum atomic E-state index is 12.9. The Labute approximate surface area is 200 Å². The van der Waals surface area contributed by atoms with Crippen molar-refractivity contribution in [2.75, 3.05) is 23.4 Å². The van der Waals surface area contributed by atoms with Crippen molar-refractivity contribution in [3.05, 3.63) is 53.6 Å². The van der Waals surface area contributed by atoms with Crippen LogP contribution in [-0.4, -0.2) is 39.3 Å². The van der Waals surface area contributed by atoms with E-state index in [1.807, 2.05) is 30.9 Å². The summed E-state index contributed by atoms with van der Waals surface area (Å²) < 4.78 is 34.5. The van der Waals surface area contributed by atoms with E-state index in [4.69, 9.17) is 4.74 Å². The Kier molecular flexibility index (Phi) is 6.24. The number of carbonyl (C=O) groups is 2. The van der Waals surface area contributed by atoms with Crippen LogP contribution in [0.3, 0.4) is 0 Å². The maximum Gasteiger partial charge on any atom is 0.316 e. The number of benzene rings is 2. The second kappa shape index (κ2) is 8.87. The zero-order valence-electron chi connectivity index (χ0n) is 19.8. The number of nitrogens with one attached hydrogen (secondary N) is 1. The Morgan fingerprint density at radius 2 is 1.82 bits per heavy atom. The van der Waals surface area contributed by atoms with Crippen LogP contribution in [0.4, 0.5) is 11.4 Å². The highest BCUT2D eigenvalue weighted by Gasteiger charge is 2.52. The number of sulfonamides is 1. The quantitative estimate of drug-likeness (QED) is 0.594. The molecule has 1 fully saturated rings. The minimum atomic E-state index is -3.89. The van der Waals surface area contributed by atoms with Crippen LogP contribution in [0.5, 0.6) is 0 Å². The monoisotopic (exact) mass is 483 g/mol. The second-order valence-corrected chi connectivity index (χ2v) is 10.7. The van der Waals surface area contributed by atoms with Crippen LogP contribution in [0.1, 0.15) is 56.5 Å². The summed E-state index contributed by atoms with van der Waals surface area (Å²) in [5, 5.41) is 2.80. The molecule has 2 aromatic carbocycles. The predicted octanol–water partition coefficient (Wildman–Crippen LogP) is 4.12. The van der Waals surface area contributed by atoms with Crippen LogP contribution in [-0.2, 0) is 25.0 Å². The predicted molar refractivity (Wildman–Crippen MR) is 131 cm³/mol. The smallest absolute Gasteiger partial charge is 0.316 e. The first-order chi connectivity index (χ1) is 16.1. The number of ether oxygens (including phenoxy) is 1. The van der Waals surface area contributed by atoms with Crippen LogP contribution in [0, 0.1) is 5.92 Å². The summed E-state index contributed by atoms with van der Waals surface area (Å²) in [7, 11) is -3.89. The molecule has 1 N–H and O–H groups in total. The molecule has 0 bridgehead atoms. The van der Waals surface area contributed by atoms with Gasteiger partial charge in [0.1, 0.15) is 10.7 Å². The number of amides is 1. The summed E-state index contributed by atoms with van der Waals surface area (Å²) in [5.41, 5.74) is 1.57. The number of nitrogens with zero attached hydrogens (tertiary/aromatic N) is 2. The van der Waals surface area contributed by atoms with E-state index in [0.717, 1.165) is 18.4 Å². The molecule has 0 atom stereocenters. The molecule has 9 heteroatoms. The average Bonchev–Trinajstić information content (AvgIpc) is 3.59. The Bertz CT molecular complexity index is 1260. The first-order valence-electron chi connectivity index (χ1n) is 11.4. The molecule has 4 rings (SSSR count). The van der Waals surface area contributed by atoms with Gasteiger partial charge in [-0.05, 0) is 68.5 Å². The largest absolute Gasteiger partial charge is 0.465 e. The zero-order chi connectivity index (χ0) is 24.7. The summed E-state index contributed by atoms with van der Waals surface area (Å²) >= 11 is 0. The molecule has 0 radical (unpaired) electrons. The minimum absolute atomic E-state index is 0.0202. The lowest BCUT2D eigenvalue weighted by atomic mass is 9.96. The molecule has 2 aromatic rings. The van der Waals surface area contributed by atoms with Gasteiger partial charge in [-0.25, -0.2) is 0 Å². The minimum Gasteiger partial charge on any atom is -0.465 e. The van der Waals surface area contributed by atoms with Gasteiger partial charge in [0.05, 0.1) is 17.7 Å². The standard InChI is InChI=1S/C25H29N3O5S/c1-5-33-24(30)25(12-13-25)19-7-9-20(10-8-19)26-23(29)18-6-11-21-22(14-18)34(31,32)27-17(4)28(21)15-16(2)3/h6-11,14,16H,5,12-13,15H2,1-4H3,(H,26,29). The summed E-state index contributed by atoms with van der Waals surface area (Å²) in [6, 6.07) is 11.7. The van der Waals surface area contributed by atoms with Gasteiger partial charge in [-0.1, -0.05) is 26.0 Å². The number of hydrogen-bond donors (Lipinski definition) is 1. The van der Waals surface area contributed by atoms with Gasteiger partial charge >= 0.3 is 5.97 Å². The summed E-state index contributed by atoms with van der Waals surface area (Å²) in [6.07, 6.45) is 1.49. The molecule has 1 saturated carbocycles. The Morgan fingerprint density at radius 1 is 1.15 bits per heavy atom. The number of hydrogen-bond acceptors (Lipinski definition) is 6. The van der Waals surface area contributed by atoms with Crippen molar-refractivity contribution < 1.29 is 22.7 Å². The number of rotatable bonds is 7. The average molecular weight is 484 g/mol. The lowest BCUT2D eigenvalue weighted by Crippen LogP contribution is -2.36. The Balaban J connectivity index is 1.55. The van der Waals surface area contributed by atoms with Crippen molar-refractivity contribution >= 4 is 39.1 Å². The van der Waals surface area contributed by atoms with Crippen LogP contribution in [0.25, 0.3) is 0 Å². The molecular formula is C25H29N3O5S. The highest BCUT2D eigenvalue weighted by Crippen LogP contribution is 2.49. The van der Waals surface area contributed by atoms with Gasteiger partial charge < -0.3 is 15.0 Å². The van der Waals surface area contributed by atoms with E-state index >= 15 is 0 Å². The third-order valence-electron chi connectivity index (χ3n) is 6.09. The second-order valence-electron chi connectivity index (χ2n) is 9.13. The van der Waals surface area contributed by atoms with Gasteiger partial charge in [-0.3, -0.25) is 9.59 Å². The zero-order valence-corrected chi connectivity index (χ0v) is 20.6. The summed E-state index contributed by atoms with van der Waals surface area (Å²) in [6.45, 7) is 8.49.